The number of nitrogens with zero attached hydrogens (tertiary/aromatic N) is 1. The molecule has 1 amide bonds. The van der Waals surface area contributed by atoms with Crippen molar-refractivity contribution in [3.8, 4) is 11.3 Å². The van der Waals surface area contributed by atoms with Crippen LogP contribution in [0, 0.1) is 20.8 Å². The van der Waals surface area contributed by atoms with E-state index in [9.17, 15) is 4.79 Å². The average molecular weight is 348 g/mol. The molecule has 0 aliphatic carbocycles. The fourth-order valence-corrected chi connectivity index (χ4v) is 3.04. The van der Waals surface area contributed by atoms with Crippen LogP contribution in [-0.4, -0.2) is 31.2 Å². The zero-order valence-electron chi connectivity index (χ0n) is 15.7. The van der Waals surface area contributed by atoms with Gasteiger partial charge in [-0.1, -0.05) is 29.3 Å². The summed E-state index contributed by atoms with van der Waals surface area (Å²) in [6.07, 6.45) is 0. The molecular formula is C22H24N2O2. The summed E-state index contributed by atoms with van der Waals surface area (Å²) < 4.78 is 5.03. The number of ether oxygens (including phenoxy) is 1. The lowest BCUT2D eigenvalue weighted by Crippen LogP contribution is -2.27. The second-order valence-corrected chi connectivity index (χ2v) is 6.64. The zero-order chi connectivity index (χ0) is 18.7. The number of nitrogens with one attached hydrogen (secondary N) is 1. The van der Waals surface area contributed by atoms with Gasteiger partial charge < -0.3 is 10.1 Å². The summed E-state index contributed by atoms with van der Waals surface area (Å²) in [6.45, 7) is 7.10. The minimum Gasteiger partial charge on any atom is -0.383 e. The highest BCUT2D eigenvalue weighted by molar-refractivity contribution is 6.07. The highest BCUT2D eigenvalue weighted by Crippen LogP contribution is 2.28. The molecule has 0 saturated heterocycles. The predicted octanol–water partition coefficient (Wildman–Crippen LogP) is 4.20. The maximum Gasteiger partial charge on any atom is 0.252 e. The van der Waals surface area contributed by atoms with Gasteiger partial charge in [0.1, 0.15) is 0 Å². The summed E-state index contributed by atoms with van der Waals surface area (Å²) in [7, 11) is 1.62. The second kappa shape index (κ2) is 7.67. The standard InChI is InChI=1S/C22H24N2O2/c1-14-5-7-16(3)17(11-14)21-13-19(22(25)23-9-10-26-4)18-12-15(2)6-8-20(18)24-21/h5-8,11-13H,9-10H2,1-4H3,(H,23,25). The molecule has 0 atom stereocenters. The average Bonchev–Trinajstić information content (AvgIpc) is 2.63. The Labute approximate surface area is 154 Å². The van der Waals surface area contributed by atoms with E-state index in [1.807, 2.05) is 31.2 Å². The molecular weight excluding hydrogens is 324 g/mol. The van der Waals surface area contributed by atoms with Crippen LogP contribution in [0.5, 0.6) is 0 Å². The van der Waals surface area contributed by atoms with Crippen LogP contribution < -0.4 is 5.32 Å². The number of methoxy groups -OCH3 is 1. The summed E-state index contributed by atoms with van der Waals surface area (Å²) >= 11 is 0. The van der Waals surface area contributed by atoms with Crippen LogP contribution in [0.2, 0.25) is 0 Å². The summed E-state index contributed by atoms with van der Waals surface area (Å²) in [4.78, 5) is 17.6. The molecule has 0 aliphatic rings. The summed E-state index contributed by atoms with van der Waals surface area (Å²) in [5.74, 6) is -0.105. The Morgan fingerprint density at radius 1 is 1.04 bits per heavy atom. The van der Waals surface area contributed by atoms with Gasteiger partial charge in [0.15, 0.2) is 0 Å². The number of rotatable bonds is 5. The lowest BCUT2D eigenvalue weighted by Gasteiger charge is -2.13. The van der Waals surface area contributed by atoms with Gasteiger partial charge in [0, 0.05) is 24.6 Å². The van der Waals surface area contributed by atoms with Crippen LogP contribution >= 0.6 is 0 Å². The second-order valence-electron chi connectivity index (χ2n) is 6.64. The fourth-order valence-electron chi connectivity index (χ4n) is 3.04. The first-order valence-electron chi connectivity index (χ1n) is 8.76. The van der Waals surface area contributed by atoms with E-state index >= 15 is 0 Å². The first kappa shape index (κ1) is 18.1. The van der Waals surface area contributed by atoms with Crippen molar-refractivity contribution >= 4 is 16.8 Å². The van der Waals surface area contributed by atoms with Crippen LogP contribution in [0.25, 0.3) is 22.2 Å². The third kappa shape index (κ3) is 3.75. The lowest BCUT2D eigenvalue weighted by atomic mass is 9.98. The highest BCUT2D eigenvalue weighted by Gasteiger charge is 2.15. The molecule has 1 N–H and O–H groups in total. The van der Waals surface area contributed by atoms with E-state index in [-0.39, 0.29) is 5.91 Å². The van der Waals surface area contributed by atoms with Gasteiger partial charge in [-0.2, -0.15) is 0 Å². The smallest absolute Gasteiger partial charge is 0.252 e. The van der Waals surface area contributed by atoms with Crippen LogP contribution in [0.15, 0.2) is 42.5 Å². The molecule has 0 radical (unpaired) electrons. The Morgan fingerprint density at radius 2 is 1.77 bits per heavy atom. The molecule has 0 unspecified atom stereocenters. The number of hydrogen-bond donors (Lipinski definition) is 1. The molecule has 4 nitrogen and oxygen atoms in total. The van der Waals surface area contributed by atoms with Gasteiger partial charge in [-0.3, -0.25) is 4.79 Å². The van der Waals surface area contributed by atoms with E-state index in [0.717, 1.165) is 33.3 Å². The van der Waals surface area contributed by atoms with Crippen LogP contribution in [0.4, 0.5) is 0 Å². The largest absolute Gasteiger partial charge is 0.383 e. The predicted molar refractivity (Wildman–Crippen MR) is 106 cm³/mol. The molecule has 4 heteroatoms. The molecule has 0 bridgehead atoms. The van der Waals surface area contributed by atoms with Crippen molar-refractivity contribution in [2.75, 3.05) is 20.3 Å². The third-order valence-electron chi connectivity index (χ3n) is 4.47. The number of benzene rings is 2. The fraction of sp³-hybridized carbons (Fsp3) is 0.273. The molecule has 3 aromatic rings. The van der Waals surface area contributed by atoms with Gasteiger partial charge in [0.2, 0.25) is 0 Å². The molecule has 0 spiro atoms. The van der Waals surface area contributed by atoms with Crippen LogP contribution in [0.3, 0.4) is 0 Å². The molecule has 0 fully saturated rings. The quantitative estimate of drug-likeness (QED) is 0.703. The lowest BCUT2D eigenvalue weighted by molar-refractivity contribution is 0.0938. The van der Waals surface area contributed by atoms with E-state index in [1.165, 1.54) is 5.56 Å². The SMILES string of the molecule is COCCNC(=O)c1cc(-c2cc(C)ccc2C)nc2ccc(C)cc12. The topological polar surface area (TPSA) is 51.2 Å². The number of aromatic nitrogens is 1. The monoisotopic (exact) mass is 348 g/mol. The van der Waals surface area contributed by atoms with Gasteiger partial charge in [0.05, 0.1) is 23.4 Å². The Kier molecular flexibility index (Phi) is 5.33. The third-order valence-corrected chi connectivity index (χ3v) is 4.47. The van der Waals surface area contributed by atoms with E-state index in [1.54, 1.807) is 7.11 Å². The van der Waals surface area contributed by atoms with Gasteiger partial charge in [0.25, 0.3) is 5.91 Å². The van der Waals surface area contributed by atoms with Crippen LogP contribution in [-0.2, 0) is 4.74 Å². The molecule has 0 aliphatic heterocycles. The van der Waals surface area contributed by atoms with Gasteiger partial charge >= 0.3 is 0 Å². The van der Waals surface area contributed by atoms with Crippen molar-refractivity contribution in [3.05, 3.63) is 64.7 Å². The van der Waals surface area contributed by atoms with Crippen LogP contribution in [0.1, 0.15) is 27.0 Å². The van der Waals surface area contributed by atoms with Crippen molar-refractivity contribution in [1.29, 1.82) is 0 Å². The molecule has 2 aromatic carbocycles. The number of amides is 1. The van der Waals surface area contributed by atoms with E-state index < -0.39 is 0 Å². The molecule has 1 heterocycles. The normalized spacial score (nSPS) is 10.9. The van der Waals surface area contributed by atoms with Gasteiger partial charge in [-0.25, -0.2) is 4.98 Å². The first-order valence-corrected chi connectivity index (χ1v) is 8.76. The zero-order valence-corrected chi connectivity index (χ0v) is 15.7. The van der Waals surface area contributed by atoms with Crippen molar-refractivity contribution in [2.45, 2.75) is 20.8 Å². The van der Waals surface area contributed by atoms with Crippen molar-refractivity contribution in [2.24, 2.45) is 0 Å². The molecule has 3 rings (SSSR count). The number of fused-ring (bicyclic) bond motifs is 1. The number of pyridine rings is 1. The highest BCUT2D eigenvalue weighted by atomic mass is 16.5. The van der Waals surface area contributed by atoms with E-state index in [2.05, 4.69) is 37.4 Å². The maximum atomic E-state index is 12.8. The number of carbonyl (C=O) groups is 1. The van der Waals surface area contributed by atoms with E-state index in [0.29, 0.717) is 18.7 Å². The minimum absolute atomic E-state index is 0.105. The van der Waals surface area contributed by atoms with Crippen molar-refractivity contribution < 1.29 is 9.53 Å². The van der Waals surface area contributed by atoms with Crippen molar-refractivity contribution in [1.82, 2.24) is 10.3 Å². The summed E-state index contributed by atoms with van der Waals surface area (Å²) in [5.41, 5.74) is 6.75. The number of carbonyl (C=O) groups excluding carboxylic acids is 1. The van der Waals surface area contributed by atoms with Gasteiger partial charge in [-0.05, 0) is 50.6 Å². The number of aryl methyl sites for hydroxylation is 3. The van der Waals surface area contributed by atoms with E-state index in [4.69, 9.17) is 9.72 Å². The molecule has 0 saturated carbocycles. The molecule has 1 aromatic heterocycles. The Balaban J connectivity index is 2.16. The van der Waals surface area contributed by atoms with Crippen molar-refractivity contribution in [3.63, 3.8) is 0 Å². The number of hydrogen-bond acceptors (Lipinski definition) is 3. The summed E-state index contributed by atoms with van der Waals surface area (Å²) in [6, 6.07) is 14.2. The Hall–Kier alpha value is -2.72. The Morgan fingerprint density at radius 3 is 2.54 bits per heavy atom. The van der Waals surface area contributed by atoms with Gasteiger partial charge in [-0.15, -0.1) is 0 Å². The Bertz CT molecular complexity index is 964. The maximum absolute atomic E-state index is 12.8. The summed E-state index contributed by atoms with van der Waals surface area (Å²) in [5, 5.41) is 3.79. The first-order chi connectivity index (χ1) is 12.5. The molecule has 134 valence electrons. The minimum atomic E-state index is -0.105. The molecule has 26 heavy (non-hydrogen) atoms.